The lowest BCUT2D eigenvalue weighted by Gasteiger charge is -2.28. The molecular weight excluding hydrogens is 576 g/mol. The highest BCUT2D eigenvalue weighted by Crippen LogP contribution is 2.35. The number of ketones is 1. The number of morpholine rings is 1. The molecule has 5 rings (SSSR count). The number of carbonyl (C=O) groups is 2. The SMILES string of the molecule is O=C(Nc1cc(F)c(F)c(C(=O)c2ccc3ncc(N4CCOCC4)cc3c2)c1F)c1ccc(Cl)c(C(F)(F)F)c1. The van der Waals surface area contributed by atoms with Gasteiger partial charge in [-0.1, -0.05) is 11.6 Å². The van der Waals surface area contributed by atoms with E-state index in [0.29, 0.717) is 49.3 Å². The molecule has 2 heterocycles. The van der Waals surface area contributed by atoms with Crippen molar-refractivity contribution in [2.45, 2.75) is 6.18 Å². The summed E-state index contributed by atoms with van der Waals surface area (Å²) in [4.78, 5) is 32.2. The van der Waals surface area contributed by atoms with Crippen molar-refractivity contribution in [2.75, 3.05) is 36.5 Å². The van der Waals surface area contributed by atoms with Crippen molar-refractivity contribution in [3.63, 3.8) is 0 Å². The van der Waals surface area contributed by atoms with E-state index in [9.17, 15) is 31.5 Å². The lowest BCUT2D eigenvalue weighted by molar-refractivity contribution is -0.137. The van der Waals surface area contributed by atoms with Gasteiger partial charge in [0.1, 0.15) is 0 Å². The highest BCUT2D eigenvalue weighted by Gasteiger charge is 2.34. The van der Waals surface area contributed by atoms with Crippen LogP contribution in [0.25, 0.3) is 10.9 Å². The number of benzene rings is 3. The summed E-state index contributed by atoms with van der Waals surface area (Å²) < 4.78 is 89.6. The number of hydrogen-bond acceptors (Lipinski definition) is 5. The van der Waals surface area contributed by atoms with Crippen molar-refractivity contribution in [1.82, 2.24) is 4.98 Å². The van der Waals surface area contributed by atoms with E-state index < -0.39 is 62.7 Å². The number of ether oxygens (including phenoxy) is 1. The summed E-state index contributed by atoms with van der Waals surface area (Å²) in [6.45, 7) is 2.28. The standard InChI is InChI=1S/C28H18ClF6N3O3/c29-19-3-1-15(11-18(19)28(33,34)35)27(40)37-22-12-20(30)24(31)23(25(22)32)26(39)14-2-4-21-16(9-14)10-17(13-36-21)38-5-7-41-8-6-38/h1-4,9-13H,5-8H2,(H,37,40). The molecule has 0 bridgehead atoms. The van der Waals surface area contributed by atoms with Gasteiger partial charge in [-0.25, -0.2) is 13.2 Å². The zero-order valence-corrected chi connectivity index (χ0v) is 21.5. The van der Waals surface area contributed by atoms with Gasteiger partial charge in [0.15, 0.2) is 23.2 Å². The van der Waals surface area contributed by atoms with Gasteiger partial charge in [-0.2, -0.15) is 13.2 Å². The Hall–Kier alpha value is -4.16. The lowest BCUT2D eigenvalue weighted by atomic mass is 9.99. The number of halogens is 7. The molecule has 6 nitrogen and oxygen atoms in total. The maximum absolute atomic E-state index is 15.4. The monoisotopic (exact) mass is 593 g/mol. The normalized spacial score (nSPS) is 13.9. The minimum absolute atomic E-state index is 0.188. The van der Waals surface area contributed by atoms with Gasteiger partial charge in [0.05, 0.1) is 52.5 Å². The van der Waals surface area contributed by atoms with Crippen LogP contribution in [0, 0.1) is 17.5 Å². The summed E-state index contributed by atoms with van der Waals surface area (Å²) in [7, 11) is 0. The number of anilines is 2. The fourth-order valence-electron chi connectivity index (χ4n) is 4.37. The van der Waals surface area contributed by atoms with Crippen LogP contribution in [-0.4, -0.2) is 43.0 Å². The van der Waals surface area contributed by atoms with Crippen LogP contribution in [0.3, 0.4) is 0 Å². The largest absolute Gasteiger partial charge is 0.417 e. The minimum atomic E-state index is -4.89. The molecule has 1 amide bonds. The number of amides is 1. The quantitative estimate of drug-likeness (QED) is 0.160. The Balaban J connectivity index is 1.48. The third kappa shape index (κ3) is 5.70. The molecule has 1 aliphatic heterocycles. The topological polar surface area (TPSA) is 71.5 Å². The molecule has 0 atom stereocenters. The first-order chi connectivity index (χ1) is 19.4. The summed E-state index contributed by atoms with van der Waals surface area (Å²) in [6, 6.07) is 8.29. The van der Waals surface area contributed by atoms with Gasteiger partial charge in [-0.15, -0.1) is 0 Å². The molecule has 3 aromatic carbocycles. The second-order valence-corrected chi connectivity index (χ2v) is 9.49. The molecule has 0 saturated carbocycles. The first kappa shape index (κ1) is 28.4. The molecule has 4 aromatic rings. The smallest absolute Gasteiger partial charge is 0.378 e. The third-order valence-electron chi connectivity index (χ3n) is 6.47. The van der Waals surface area contributed by atoms with E-state index in [2.05, 4.69) is 4.98 Å². The van der Waals surface area contributed by atoms with Gasteiger partial charge in [0, 0.05) is 35.7 Å². The van der Waals surface area contributed by atoms with Crippen LogP contribution < -0.4 is 10.2 Å². The number of pyridine rings is 1. The van der Waals surface area contributed by atoms with E-state index in [-0.39, 0.29) is 5.56 Å². The van der Waals surface area contributed by atoms with Gasteiger partial charge in [0.2, 0.25) is 0 Å². The molecular formula is C28H18ClF6N3O3. The van der Waals surface area contributed by atoms with Crippen LogP contribution in [0.2, 0.25) is 5.02 Å². The van der Waals surface area contributed by atoms with E-state index >= 15 is 4.39 Å². The fourth-order valence-corrected chi connectivity index (χ4v) is 4.60. The molecule has 0 spiro atoms. The Bertz CT molecular complexity index is 1690. The molecule has 0 aliphatic carbocycles. The molecule has 41 heavy (non-hydrogen) atoms. The summed E-state index contributed by atoms with van der Waals surface area (Å²) in [5, 5.41) is 1.71. The Morgan fingerprint density at radius 2 is 1.63 bits per heavy atom. The number of aromatic nitrogens is 1. The van der Waals surface area contributed by atoms with E-state index in [1.165, 1.54) is 18.2 Å². The summed E-state index contributed by atoms with van der Waals surface area (Å²) in [6.07, 6.45) is -3.24. The van der Waals surface area contributed by atoms with Crippen molar-refractivity contribution < 1.29 is 40.7 Å². The van der Waals surface area contributed by atoms with E-state index in [4.69, 9.17) is 16.3 Å². The Kier molecular flexibility index (Phi) is 7.62. The zero-order valence-electron chi connectivity index (χ0n) is 20.8. The van der Waals surface area contributed by atoms with E-state index in [1.807, 2.05) is 10.2 Å². The number of fused-ring (bicyclic) bond motifs is 1. The number of nitrogens with zero attached hydrogens (tertiary/aromatic N) is 2. The lowest BCUT2D eigenvalue weighted by Crippen LogP contribution is -2.36. The first-order valence-corrected chi connectivity index (χ1v) is 12.4. The summed E-state index contributed by atoms with van der Waals surface area (Å²) >= 11 is 5.56. The summed E-state index contributed by atoms with van der Waals surface area (Å²) in [5.41, 5.74) is -3.09. The van der Waals surface area contributed by atoms with Crippen molar-refractivity contribution in [3.8, 4) is 0 Å². The predicted molar refractivity (Wildman–Crippen MR) is 139 cm³/mol. The molecule has 1 aliphatic rings. The second-order valence-electron chi connectivity index (χ2n) is 9.08. The van der Waals surface area contributed by atoms with Gasteiger partial charge in [0.25, 0.3) is 5.91 Å². The Morgan fingerprint density at radius 1 is 0.927 bits per heavy atom. The molecule has 1 fully saturated rings. The van der Waals surface area contributed by atoms with Crippen LogP contribution >= 0.6 is 11.6 Å². The van der Waals surface area contributed by atoms with Crippen LogP contribution in [-0.2, 0) is 10.9 Å². The first-order valence-electron chi connectivity index (χ1n) is 12.1. The van der Waals surface area contributed by atoms with Gasteiger partial charge in [-0.05, 0) is 42.5 Å². The van der Waals surface area contributed by atoms with E-state index in [1.54, 1.807) is 12.3 Å². The molecule has 212 valence electrons. The van der Waals surface area contributed by atoms with Gasteiger partial charge in [-0.3, -0.25) is 14.6 Å². The number of carbonyl (C=O) groups excluding carboxylic acids is 2. The van der Waals surface area contributed by atoms with Crippen LogP contribution in [0.15, 0.2) is 54.7 Å². The molecule has 1 saturated heterocycles. The Morgan fingerprint density at radius 3 is 2.34 bits per heavy atom. The number of nitrogens with one attached hydrogen (secondary N) is 1. The highest BCUT2D eigenvalue weighted by molar-refractivity contribution is 6.31. The fraction of sp³-hybridized carbons (Fsp3) is 0.179. The zero-order chi connectivity index (χ0) is 29.5. The van der Waals surface area contributed by atoms with Crippen LogP contribution in [0.1, 0.15) is 31.8 Å². The maximum atomic E-state index is 15.4. The number of alkyl halides is 3. The van der Waals surface area contributed by atoms with Crippen LogP contribution in [0.4, 0.5) is 37.7 Å². The Labute approximate surface area is 233 Å². The molecule has 13 heteroatoms. The number of rotatable bonds is 5. The van der Waals surface area contributed by atoms with Crippen molar-refractivity contribution in [1.29, 1.82) is 0 Å². The minimum Gasteiger partial charge on any atom is -0.378 e. The summed E-state index contributed by atoms with van der Waals surface area (Å²) in [5.74, 6) is -7.55. The number of hydrogen-bond donors (Lipinski definition) is 1. The average molecular weight is 594 g/mol. The van der Waals surface area contributed by atoms with Gasteiger partial charge >= 0.3 is 6.18 Å². The second kappa shape index (κ2) is 11.0. The molecule has 0 unspecified atom stereocenters. The maximum Gasteiger partial charge on any atom is 0.417 e. The average Bonchev–Trinajstić information content (AvgIpc) is 2.95. The highest BCUT2D eigenvalue weighted by atomic mass is 35.5. The van der Waals surface area contributed by atoms with Crippen molar-refractivity contribution in [3.05, 3.63) is 99.5 Å². The van der Waals surface area contributed by atoms with E-state index in [0.717, 1.165) is 17.8 Å². The van der Waals surface area contributed by atoms with Crippen molar-refractivity contribution in [2.24, 2.45) is 0 Å². The third-order valence-corrected chi connectivity index (χ3v) is 6.80. The molecule has 1 N–H and O–H groups in total. The molecule has 1 aromatic heterocycles. The predicted octanol–water partition coefficient (Wildman–Crippen LogP) is 6.64. The molecule has 0 radical (unpaired) electrons. The van der Waals surface area contributed by atoms with Crippen LogP contribution in [0.5, 0.6) is 0 Å². The van der Waals surface area contributed by atoms with Crippen molar-refractivity contribution >= 4 is 45.6 Å². The van der Waals surface area contributed by atoms with Gasteiger partial charge < -0.3 is 15.0 Å².